The first-order chi connectivity index (χ1) is 15.8. The molecule has 0 unspecified atom stereocenters. The number of aromatic hydroxyl groups is 1. The zero-order valence-electron chi connectivity index (χ0n) is 19.1. The molecule has 0 radical (unpaired) electrons. The van der Waals surface area contributed by atoms with Crippen LogP contribution in [0, 0.1) is 0 Å². The molecular weight excluding hydrogens is 454 g/mol. The molecule has 1 aliphatic heterocycles. The number of aliphatic hydroxyl groups is 1. The van der Waals surface area contributed by atoms with Gasteiger partial charge in [0.2, 0.25) is 0 Å². The first-order valence-corrected chi connectivity index (χ1v) is 13.0. The third-order valence-corrected chi connectivity index (χ3v) is 8.03. The van der Waals surface area contributed by atoms with Crippen LogP contribution in [0.4, 0.5) is 0 Å². The Balaban J connectivity index is 1.59. The quantitative estimate of drug-likeness (QED) is 0.333. The van der Waals surface area contributed by atoms with E-state index >= 15 is 0 Å². The largest absolute Gasteiger partial charge is 0.511 e. The number of carbonyl (C=O) groups excluding carboxylic acids is 1. The highest BCUT2D eigenvalue weighted by atomic mass is 32.2. The summed E-state index contributed by atoms with van der Waals surface area (Å²) in [5, 5.41) is 20.5. The molecule has 0 saturated carbocycles. The molecule has 174 valence electrons. The van der Waals surface area contributed by atoms with E-state index < -0.39 is 11.6 Å². The summed E-state index contributed by atoms with van der Waals surface area (Å²) in [5.74, 6) is 0.132. The van der Waals surface area contributed by atoms with Crippen molar-refractivity contribution in [1.82, 2.24) is 4.98 Å². The van der Waals surface area contributed by atoms with E-state index in [0.717, 1.165) is 32.7 Å². The topological polar surface area (TPSA) is 79.7 Å². The minimum atomic E-state index is -0.722. The Morgan fingerprint density at radius 2 is 1.94 bits per heavy atom. The van der Waals surface area contributed by atoms with Crippen molar-refractivity contribution >= 4 is 39.3 Å². The zero-order chi connectivity index (χ0) is 23.6. The van der Waals surface area contributed by atoms with Gasteiger partial charge in [-0.25, -0.2) is 9.78 Å². The Bertz CT molecular complexity index is 1180. The molecule has 4 rings (SSSR count). The number of fused-ring (bicyclic) bond motifs is 1. The SMILES string of the molecule is CCC[C@]1(CCc2ccc(O)cc2)CC(O)=C(Sc2cc3scnc3cc2C(C)C)C(=O)O1. The molecule has 0 spiro atoms. The van der Waals surface area contributed by atoms with Crippen LogP contribution in [-0.2, 0) is 16.0 Å². The summed E-state index contributed by atoms with van der Waals surface area (Å²) in [4.78, 5) is 18.8. The monoisotopic (exact) mass is 483 g/mol. The number of aromatic nitrogens is 1. The first kappa shape index (κ1) is 23.6. The van der Waals surface area contributed by atoms with Gasteiger partial charge in [-0.2, -0.15) is 0 Å². The van der Waals surface area contributed by atoms with Crippen molar-refractivity contribution in [3.05, 3.63) is 63.7 Å². The average molecular weight is 484 g/mol. The van der Waals surface area contributed by atoms with Crippen LogP contribution in [0.15, 0.2) is 57.5 Å². The smallest absolute Gasteiger partial charge is 0.349 e. The lowest BCUT2D eigenvalue weighted by Crippen LogP contribution is -2.40. The molecule has 0 saturated heterocycles. The van der Waals surface area contributed by atoms with Crippen molar-refractivity contribution in [3.63, 3.8) is 0 Å². The molecule has 3 aromatic rings. The number of benzene rings is 2. The number of hydrogen-bond donors (Lipinski definition) is 2. The minimum absolute atomic E-state index is 0.106. The number of esters is 1. The standard InChI is InChI=1S/C26H29NO4S2/c1-4-10-26(11-9-17-5-7-18(28)8-6-17)14-21(29)24(25(30)31-26)33-22-13-23-20(27-15-32-23)12-19(22)16(2)3/h5-8,12-13,15-16,28-29H,4,9-11,14H2,1-3H3/t26-/m0/s1. The molecule has 1 aliphatic rings. The highest BCUT2D eigenvalue weighted by Crippen LogP contribution is 2.44. The van der Waals surface area contributed by atoms with Crippen molar-refractivity contribution in [2.75, 3.05) is 0 Å². The predicted octanol–water partition coefficient (Wildman–Crippen LogP) is 7.11. The molecule has 1 atom stereocenters. The number of carbonyl (C=O) groups is 1. The van der Waals surface area contributed by atoms with Gasteiger partial charge in [-0.1, -0.05) is 51.1 Å². The minimum Gasteiger partial charge on any atom is -0.511 e. The van der Waals surface area contributed by atoms with E-state index in [4.69, 9.17) is 4.74 Å². The highest BCUT2D eigenvalue weighted by molar-refractivity contribution is 8.04. The maximum absolute atomic E-state index is 13.1. The summed E-state index contributed by atoms with van der Waals surface area (Å²) in [6.07, 6.45) is 3.15. The van der Waals surface area contributed by atoms with Crippen molar-refractivity contribution in [1.29, 1.82) is 0 Å². The molecule has 33 heavy (non-hydrogen) atoms. The van der Waals surface area contributed by atoms with Crippen LogP contribution in [-0.4, -0.2) is 26.8 Å². The molecule has 0 amide bonds. The van der Waals surface area contributed by atoms with E-state index in [2.05, 4.69) is 37.9 Å². The van der Waals surface area contributed by atoms with Gasteiger partial charge in [0.25, 0.3) is 0 Å². The second kappa shape index (κ2) is 9.77. The summed E-state index contributed by atoms with van der Waals surface area (Å²) in [6.45, 7) is 6.28. The van der Waals surface area contributed by atoms with Gasteiger partial charge in [0.1, 0.15) is 22.0 Å². The Morgan fingerprint density at radius 3 is 2.61 bits per heavy atom. The normalized spacial score (nSPS) is 18.8. The lowest BCUT2D eigenvalue weighted by molar-refractivity contribution is -0.159. The average Bonchev–Trinajstić information content (AvgIpc) is 3.23. The van der Waals surface area contributed by atoms with E-state index in [1.165, 1.54) is 11.8 Å². The van der Waals surface area contributed by atoms with E-state index in [1.54, 1.807) is 23.5 Å². The number of thiazole rings is 1. The number of hydrogen-bond acceptors (Lipinski definition) is 7. The third-order valence-electron chi connectivity index (χ3n) is 6.05. The fraction of sp³-hybridized carbons (Fsp3) is 0.385. The van der Waals surface area contributed by atoms with Crippen LogP contribution in [0.3, 0.4) is 0 Å². The third kappa shape index (κ3) is 5.20. The molecule has 1 aromatic heterocycles. The number of ether oxygens (including phenoxy) is 1. The predicted molar refractivity (Wildman–Crippen MR) is 134 cm³/mol. The number of cyclic esters (lactones) is 1. The highest BCUT2D eigenvalue weighted by Gasteiger charge is 2.41. The summed E-state index contributed by atoms with van der Waals surface area (Å²) in [6, 6.07) is 11.2. The lowest BCUT2D eigenvalue weighted by atomic mass is 9.85. The van der Waals surface area contributed by atoms with Gasteiger partial charge in [0.05, 0.1) is 15.7 Å². The second-order valence-electron chi connectivity index (χ2n) is 8.91. The molecule has 0 fully saturated rings. The van der Waals surface area contributed by atoms with Crippen LogP contribution < -0.4 is 0 Å². The Morgan fingerprint density at radius 1 is 1.18 bits per heavy atom. The van der Waals surface area contributed by atoms with E-state index in [1.807, 2.05) is 17.6 Å². The Hall–Kier alpha value is -2.51. The molecule has 2 N–H and O–H groups in total. The van der Waals surface area contributed by atoms with Crippen LogP contribution in [0.5, 0.6) is 5.75 Å². The van der Waals surface area contributed by atoms with Crippen LogP contribution >= 0.6 is 23.1 Å². The molecule has 2 heterocycles. The van der Waals surface area contributed by atoms with Gasteiger partial charge in [0.15, 0.2) is 0 Å². The molecule has 0 aliphatic carbocycles. The summed E-state index contributed by atoms with van der Waals surface area (Å²) < 4.78 is 7.11. The van der Waals surface area contributed by atoms with Crippen molar-refractivity contribution in [2.24, 2.45) is 0 Å². The Labute approximate surface area is 202 Å². The zero-order valence-corrected chi connectivity index (χ0v) is 20.8. The lowest BCUT2D eigenvalue weighted by Gasteiger charge is -2.37. The van der Waals surface area contributed by atoms with Crippen LogP contribution in [0.25, 0.3) is 10.2 Å². The number of phenols is 1. The van der Waals surface area contributed by atoms with Gasteiger partial charge in [-0.05, 0) is 60.6 Å². The number of thioether (sulfide) groups is 1. The van der Waals surface area contributed by atoms with Gasteiger partial charge >= 0.3 is 5.97 Å². The summed E-state index contributed by atoms with van der Waals surface area (Å²) >= 11 is 2.86. The molecule has 7 heteroatoms. The summed E-state index contributed by atoms with van der Waals surface area (Å²) in [5.41, 5.74) is 4.21. The van der Waals surface area contributed by atoms with E-state index in [0.29, 0.717) is 25.7 Å². The Kier molecular flexibility index (Phi) is 7.00. The number of aryl methyl sites for hydroxylation is 1. The van der Waals surface area contributed by atoms with Crippen LogP contribution in [0.2, 0.25) is 0 Å². The van der Waals surface area contributed by atoms with Gasteiger partial charge in [0, 0.05) is 11.3 Å². The first-order valence-electron chi connectivity index (χ1n) is 11.3. The summed E-state index contributed by atoms with van der Waals surface area (Å²) in [7, 11) is 0. The fourth-order valence-corrected chi connectivity index (χ4v) is 6.22. The van der Waals surface area contributed by atoms with Gasteiger partial charge in [-0.15, -0.1) is 11.3 Å². The second-order valence-corrected chi connectivity index (χ2v) is 10.8. The van der Waals surface area contributed by atoms with Crippen molar-refractivity contribution in [2.45, 2.75) is 69.3 Å². The maximum atomic E-state index is 13.1. The van der Waals surface area contributed by atoms with E-state index in [-0.39, 0.29) is 22.3 Å². The van der Waals surface area contributed by atoms with Crippen LogP contribution in [0.1, 0.15) is 63.5 Å². The van der Waals surface area contributed by atoms with Gasteiger partial charge < -0.3 is 14.9 Å². The number of rotatable bonds is 8. The number of phenolic OH excluding ortho intramolecular Hbond substituents is 1. The van der Waals surface area contributed by atoms with Crippen molar-refractivity contribution < 1.29 is 19.7 Å². The number of nitrogens with zero attached hydrogens (tertiary/aromatic N) is 1. The molecule has 0 bridgehead atoms. The van der Waals surface area contributed by atoms with Gasteiger partial charge in [-0.3, -0.25) is 0 Å². The van der Waals surface area contributed by atoms with Crippen molar-refractivity contribution in [3.8, 4) is 5.75 Å². The van der Waals surface area contributed by atoms with E-state index in [9.17, 15) is 15.0 Å². The molecule has 5 nitrogen and oxygen atoms in total. The maximum Gasteiger partial charge on any atom is 0.349 e. The number of aliphatic hydroxyl groups excluding tert-OH is 1. The molecular formula is C26H29NO4S2. The fourth-order valence-electron chi connectivity index (χ4n) is 4.33. The molecule has 2 aromatic carbocycles.